The lowest BCUT2D eigenvalue weighted by Gasteiger charge is -2.08. The summed E-state index contributed by atoms with van der Waals surface area (Å²) in [7, 11) is 0. The minimum Gasteiger partial charge on any atom is -0.360 e. The number of pyridine rings is 1. The van der Waals surface area contributed by atoms with Gasteiger partial charge in [-0.15, -0.1) is 0 Å². The number of hydrogen-bond acceptors (Lipinski definition) is 4. The van der Waals surface area contributed by atoms with Crippen LogP contribution in [0.5, 0.6) is 0 Å². The van der Waals surface area contributed by atoms with Gasteiger partial charge in [-0.3, -0.25) is 0 Å². The molecule has 0 aliphatic heterocycles. The number of benzene rings is 2. The Balaban J connectivity index is 0.00000102. The summed E-state index contributed by atoms with van der Waals surface area (Å²) in [5.41, 5.74) is 4.88. The first kappa shape index (κ1) is 18.4. The van der Waals surface area contributed by atoms with Crippen LogP contribution >= 0.6 is 0 Å². The highest BCUT2D eigenvalue weighted by Crippen LogP contribution is 2.35. The minimum atomic E-state index is 0.781. The molecule has 0 saturated carbocycles. The van der Waals surface area contributed by atoms with E-state index in [1.807, 2.05) is 93.6 Å². The van der Waals surface area contributed by atoms with Crippen molar-refractivity contribution in [2.45, 2.75) is 20.8 Å². The van der Waals surface area contributed by atoms with Crippen LogP contribution in [0.3, 0.4) is 0 Å². The van der Waals surface area contributed by atoms with Crippen LogP contribution in [0.4, 0.5) is 11.5 Å². The van der Waals surface area contributed by atoms with E-state index in [1.165, 1.54) is 0 Å². The van der Waals surface area contributed by atoms with Gasteiger partial charge >= 0.3 is 0 Å². The first-order valence-corrected chi connectivity index (χ1v) is 9.11. The molecule has 4 nitrogen and oxygen atoms in total. The van der Waals surface area contributed by atoms with Gasteiger partial charge < -0.3 is 9.84 Å². The number of nitrogens with one attached hydrogen (secondary N) is 1. The molecule has 1 N–H and O–H groups in total. The lowest BCUT2D eigenvalue weighted by molar-refractivity contribution is 0.400. The quantitative estimate of drug-likeness (QED) is 0.454. The summed E-state index contributed by atoms with van der Waals surface area (Å²) < 4.78 is 5.47. The maximum Gasteiger partial charge on any atom is 0.142 e. The number of hydrogen-bond donors (Lipinski definition) is 1. The van der Waals surface area contributed by atoms with Crippen molar-refractivity contribution in [2.75, 3.05) is 5.32 Å². The van der Waals surface area contributed by atoms with Crippen molar-refractivity contribution in [3.8, 4) is 22.4 Å². The van der Waals surface area contributed by atoms with E-state index >= 15 is 0 Å². The maximum absolute atomic E-state index is 5.47. The number of para-hydroxylation sites is 1. The van der Waals surface area contributed by atoms with Gasteiger partial charge in [-0.2, -0.15) is 0 Å². The van der Waals surface area contributed by atoms with E-state index in [0.717, 1.165) is 39.6 Å². The maximum atomic E-state index is 5.47. The monoisotopic (exact) mass is 357 g/mol. The van der Waals surface area contributed by atoms with Gasteiger partial charge in [0.1, 0.15) is 17.3 Å². The Morgan fingerprint density at radius 2 is 1.48 bits per heavy atom. The molecule has 0 spiro atoms. The highest BCUT2D eigenvalue weighted by Gasteiger charge is 2.17. The van der Waals surface area contributed by atoms with E-state index in [-0.39, 0.29) is 0 Å². The standard InChI is InChI=1S/C21H17N3O.C2H6/c1-15-20(21(24-25-15)16-8-4-2-5-9-16)17-12-13-22-19(14-17)23-18-10-6-3-7-11-18;1-2/h2-14H,1H3,(H,22,23);1-2H3. The van der Waals surface area contributed by atoms with E-state index in [1.54, 1.807) is 6.20 Å². The van der Waals surface area contributed by atoms with Crippen molar-refractivity contribution in [3.05, 3.63) is 84.8 Å². The average molecular weight is 357 g/mol. The molecule has 4 heteroatoms. The Kier molecular flexibility index (Phi) is 6.00. The van der Waals surface area contributed by atoms with E-state index in [0.29, 0.717) is 0 Å². The predicted molar refractivity (Wildman–Crippen MR) is 111 cm³/mol. The van der Waals surface area contributed by atoms with Gasteiger partial charge in [0.2, 0.25) is 0 Å². The number of aromatic nitrogens is 2. The molecule has 136 valence electrons. The van der Waals surface area contributed by atoms with Crippen molar-refractivity contribution in [3.63, 3.8) is 0 Å². The third kappa shape index (κ3) is 4.23. The fraction of sp³-hybridized carbons (Fsp3) is 0.130. The summed E-state index contributed by atoms with van der Waals surface area (Å²) >= 11 is 0. The molecule has 0 unspecified atom stereocenters. The normalized spacial score (nSPS) is 10.0. The Morgan fingerprint density at radius 3 is 2.19 bits per heavy atom. The molecular formula is C23H23N3O. The number of rotatable bonds is 4. The second-order valence-corrected chi connectivity index (χ2v) is 5.75. The Labute approximate surface area is 159 Å². The summed E-state index contributed by atoms with van der Waals surface area (Å²) in [6.07, 6.45) is 1.79. The fourth-order valence-corrected chi connectivity index (χ4v) is 2.83. The van der Waals surface area contributed by atoms with Crippen LogP contribution in [0.2, 0.25) is 0 Å². The van der Waals surface area contributed by atoms with Crippen molar-refractivity contribution >= 4 is 11.5 Å². The van der Waals surface area contributed by atoms with Crippen LogP contribution in [-0.2, 0) is 0 Å². The van der Waals surface area contributed by atoms with Crippen LogP contribution in [-0.4, -0.2) is 10.1 Å². The predicted octanol–water partition coefficient (Wildman–Crippen LogP) is 6.48. The zero-order chi connectivity index (χ0) is 19.1. The van der Waals surface area contributed by atoms with Gasteiger partial charge in [0.25, 0.3) is 0 Å². The molecule has 4 aromatic rings. The molecule has 0 atom stereocenters. The van der Waals surface area contributed by atoms with Crippen LogP contribution in [0.25, 0.3) is 22.4 Å². The second kappa shape index (κ2) is 8.81. The SMILES string of the molecule is CC.Cc1onc(-c2ccccc2)c1-c1ccnc(Nc2ccccc2)c1. The van der Waals surface area contributed by atoms with Crippen LogP contribution < -0.4 is 5.32 Å². The fourth-order valence-electron chi connectivity index (χ4n) is 2.83. The van der Waals surface area contributed by atoms with Crippen LogP contribution in [0, 0.1) is 6.92 Å². The highest BCUT2D eigenvalue weighted by atomic mass is 16.5. The van der Waals surface area contributed by atoms with Crippen molar-refractivity contribution in [2.24, 2.45) is 0 Å². The molecule has 27 heavy (non-hydrogen) atoms. The first-order valence-electron chi connectivity index (χ1n) is 9.11. The molecule has 0 aliphatic carbocycles. The molecule has 0 saturated heterocycles. The third-order valence-corrected chi connectivity index (χ3v) is 4.00. The molecule has 0 bridgehead atoms. The molecular weight excluding hydrogens is 334 g/mol. The average Bonchev–Trinajstić information content (AvgIpc) is 3.13. The topological polar surface area (TPSA) is 51.0 Å². The Bertz CT molecular complexity index is 979. The number of aryl methyl sites for hydroxylation is 1. The first-order chi connectivity index (χ1) is 13.3. The number of anilines is 2. The van der Waals surface area contributed by atoms with Gasteiger partial charge in [-0.25, -0.2) is 4.98 Å². The zero-order valence-electron chi connectivity index (χ0n) is 15.8. The summed E-state index contributed by atoms with van der Waals surface area (Å²) in [5.74, 6) is 1.57. The summed E-state index contributed by atoms with van der Waals surface area (Å²) in [4.78, 5) is 4.41. The molecule has 2 heterocycles. The Hall–Kier alpha value is -3.40. The second-order valence-electron chi connectivity index (χ2n) is 5.75. The zero-order valence-corrected chi connectivity index (χ0v) is 15.8. The van der Waals surface area contributed by atoms with Gasteiger partial charge in [-0.1, -0.05) is 67.5 Å². The lowest BCUT2D eigenvalue weighted by atomic mass is 10.0. The molecule has 0 aliphatic rings. The smallest absolute Gasteiger partial charge is 0.142 e. The molecule has 2 aromatic heterocycles. The molecule has 0 amide bonds. The van der Waals surface area contributed by atoms with Gasteiger partial charge in [-0.05, 0) is 36.8 Å². The molecule has 0 radical (unpaired) electrons. The summed E-state index contributed by atoms with van der Waals surface area (Å²) in [6, 6.07) is 24.0. The molecule has 4 rings (SSSR count). The summed E-state index contributed by atoms with van der Waals surface area (Å²) in [5, 5.41) is 7.58. The molecule has 0 fully saturated rings. The Morgan fingerprint density at radius 1 is 0.815 bits per heavy atom. The van der Waals surface area contributed by atoms with Crippen molar-refractivity contribution in [1.29, 1.82) is 0 Å². The molecule has 2 aromatic carbocycles. The van der Waals surface area contributed by atoms with Gasteiger partial charge in [0.05, 0.1) is 5.56 Å². The van der Waals surface area contributed by atoms with E-state index in [9.17, 15) is 0 Å². The minimum absolute atomic E-state index is 0.781. The van der Waals surface area contributed by atoms with E-state index < -0.39 is 0 Å². The number of nitrogens with zero attached hydrogens (tertiary/aromatic N) is 2. The third-order valence-electron chi connectivity index (χ3n) is 4.00. The lowest BCUT2D eigenvalue weighted by Crippen LogP contribution is -1.94. The van der Waals surface area contributed by atoms with Gasteiger partial charge in [0, 0.05) is 17.4 Å². The van der Waals surface area contributed by atoms with Crippen LogP contribution in [0.1, 0.15) is 19.6 Å². The van der Waals surface area contributed by atoms with Gasteiger partial charge in [0.15, 0.2) is 0 Å². The van der Waals surface area contributed by atoms with Crippen molar-refractivity contribution in [1.82, 2.24) is 10.1 Å². The van der Waals surface area contributed by atoms with E-state index in [4.69, 9.17) is 4.52 Å². The summed E-state index contributed by atoms with van der Waals surface area (Å²) in [6.45, 7) is 5.93. The largest absolute Gasteiger partial charge is 0.360 e. The van der Waals surface area contributed by atoms with E-state index in [2.05, 4.69) is 15.5 Å². The highest BCUT2D eigenvalue weighted by molar-refractivity contribution is 5.83. The van der Waals surface area contributed by atoms with Crippen molar-refractivity contribution < 1.29 is 4.52 Å². The van der Waals surface area contributed by atoms with Crippen LogP contribution in [0.15, 0.2) is 83.5 Å².